The minimum atomic E-state index is -0.855. The number of hydrogen-bond acceptors (Lipinski definition) is 3. The van der Waals surface area contributed by atoms with E-state index in [0.29, 0.717) is 10.0 Å². The van der Waals surface area contributed by atoms with E-state index in [1.165, 1.54) is 6.07 Å². The topological polar surface area (TPSA) is 72.3 Å². The van der Waals surface area contributed by atoms with Gasteiger partial charge in [-0.25, -0.2) is 4.39 Å². The molecule has 3 nitrogen and oxygen atoms in total. The summed E-state index contributed by atoms with van der Waals surface area (Å²) in [5.41, 5.74) is 11.0. The Hall–Kier alpha value is -0.650. The Kier molecular flexibility index (Phi) is 3.24. The molecule has 1 aromatic carbocycles. The Bertz CT molecular complexity index is 296. The highest BCUT2D eigenvalue weighted by Gasteiger charge is 2.10. The van der Waals surface area contributed by atoms with Crippen molar-refractivity contribution in [2.75, 3.05) is 12.3 Å². The lowest BCUT2D eigenvalue weighted by Crippen LogP contribution is -2.12. The van der Waals surface area contributed by atoms with E-state index in [-0.39, 0.29) is 12.2 Å². The van der Waals surface area contributed by atoms with E-state index >= 15 is 0 Å². The van der Waals surface area contributed by atoms with Crippen molar-refractivity contribution in [1.82, 2.24) is 0 Å². The van der Waals surface area contributed by atoms with Crippen LogP contribution in [0, 0.1) is 5.82 Å². The molecule has 0 spiro atoms. The van der Waals surface area contributed by atoms with Crippen molar-refractivity contribution < 1.29 is 9.50 Å². The summed E-state index contributed by atoms with van der Waals surface area (Å²) in [7, 11) is 0. The molecule has 0 saturated carbocycles. The van der Waals surface area contributed by atoms with Crippen LogP contribution in [0.5, 0.6) is 0 Å². The van der Waals surface area contributed by atoms with Crippen molar-refractivity contribution in [3.8, 4) is 0 Å². The summed E-state index contributed by atoms with van der Waals surface area (Å²) in [6.45, 7) is 0.0514. The van der Waals surface area contributed by atoms with Crippen LogP contribution in [0.25, 0.3) is 0 Å². The average Bonchev–Trinajstić information content (AvgIpc) is 2.12. The fourth-order valence-electron chi connectivity index (χ4n) is 0.932. The number of benzene rings is 1. The molecule has 1 atom stereocenters. The highest BCUT2D eigenvalue weighted by atomic mass is 79.9. The van der Waals surface area contributed by atoms with Crippen molar-refractivity contribution in [2.24, 2.45) is 5.73 Å². The fourth-order valence-corrected chi connectivity index (χ4v) is 1.39. The van der Waals surface area contributed by atoms with E-state index in [2.05, 4.69) is 15.9 Å². The molecular weight excluding hydrogens is 239 g/mol. The van der Waals surface area contributed by atoms with Gasteiger partial charge in [-0.05, 0) is 33.6 Å². The second-order valence-corrected chi connectivity index (χ2v) is 3.50. The number of aliphatic hydroxyl groups excluding tert-OH is 1. The lowest BCUT2D eigenvalue weighted by Gasteiger charge is -2.10. The highest BCUT2D eigenvalue weighted by molar-refractivity contribution is 9.10. The second kappa shape index (κ2) is 4.04. The Morgan fingerprint density at radius 3 is 2.62 bits per heavy atom. The van der Waals surface area contributed by atoms with E-state index < -0.39 is 11.9 Å². The number of halogens is 2. The van der Waals surface area contributed by atoms with Crippen LogP contribution in [-0.4, -0.2) is 11.7 Å². The molecule has 0 amide bonds. The third-order valence-electron chi connectivity index (χ3n) is 1.71. The molecule has 0 aliphatic heterocycles. The quantitative estimate of drug-likeness (QED) is 0.688. The van der Waals surface area contributed by atoms with E-state index in [1.807, 2.05) is 0 Å². The Balaban J connectivity index is 3.13. The highest BCUT2D eigenvalue weighted by Crippen LogP contribution is 2.26. The van der Waals surface area contributed by atoms with Gasteiger partial charge in [-0.15, -0.1) is 0 Å². The molecule has 1 rings (SSSR count). The maximum atomic E-state index is 13.0. The van der Waals surface area contributed by atoms with Crippen LogP contribution in [0.15, 0.2) is 16.6 Å². The molecule has 5 heteroatoms. The molecule has 0 fully saturated rings. The molecule has 0 bridgehead atoms. The first kappa shape index (κ1) is 10.4. The normalized spacial score (nSPS) is 12.9. The van der Waals surface area contributed by atoms with Crippen molar-refractivity contribution in [3.05, 3.63) is 28.0 Å². The summed E-state index contributed by atoms with van der Waals surface area (Å²) >= 11 is 3.08. The molecule has 5 N–H and O–H groups in total. The summed E-state index contributed by atoms with van der Waals surface area (Å²) in [5, 5.41) is 9.32. The number of nitrogens with two attached hydrogens (primary N) is 2. The number of nitrogen functional groups attached to an aromatic ring is 1. The summed E-state index contributed by atoms with van der Waals surface area (Å²) in [5.74, 6) is -0.558. The van der Waals surface area contributed by atoms with Crippen molar-refractivity contribution in [3.63, 3.8) is 0 Å². The predicted octanol–water partition coefficient (Wildman–Crippen LogP) is 1.16. The molecule has 0 aromatic heterocycles. The minimum Gasteiger partial charge on any atom is -0.395 e. The van der Waals surface area contributed by atoms with Crippen molar-refractivity contribution >= 4 is 21.6 Å². The molecule has 0 heterocycles. The molecular formula is C8H10BrFN2O. The maximum Gasteiger partial charge on any atom is 0.147 e. The smallest absolute Gasteiger partial charge is 0.147 e. The van der Waals surface area contributed by atoms with Crippen LogP contribution in [0.2, 0.25) is 0 Å². The van der Waals surface area contributed by atoms with Crippen molar-refractivity contribution in [1.29, 1.82) is 0 Å². The Morgan fingerprint density at radius 1 is 1.54 bits per heavy atom. The van der Waals surface area contributed by atoms with Crippen LogP contribution >= 0.6 is 15.9 Å². The van der Waals surface area contributed by atoms with Crippen LogP contribution in [0.3, 0.4) is 0 Å². The average molecular weight is 249 g/mol. The van der Waals surface area contributed by atoms with E-state index in [1.54, 1.807) is 6.07 Å². The van der Waals surface area contributed by atoms with Gasteiger partial charge >= 0.3 is 0 Å². The van der Waals surface area contributed by atoms with Gasteiger partial charge in [-0.3, -0.25) is 0 Å². The van der Waals surface area contributed by atoms with Gasteiger partial charge in [0.1, 0.15) is 5.82 Å². The SMILES string of the molecule is NCC(O)c1cc(F)c(N)c(Br)c1. The van der Waals surface area contributed by atoms with E-state index in [4.69, 9.17) is 11.5 Å². The zero-order valence-electron chi connectivity index (χ0n) is 6.80. The third-order valence-corrected chi connectivity index (χ3v) is 2.37. The standard InChI is InChI=1S/C8H10BrFN2O/c9-5-1-4(7(13)3-11)2-6(10)8(5)12/h1-2,7,13H,3,11-12H2. The van der Waals surface area contributed by atoms with Crippen LogP contribution in [0.1, 0.15) is 11.7 Å². The molecule has 1 unspecified atom stereocenters. The molecule has 72 valence electrons. The molecule has 0 saturated heterocycles. The van der Waals surface area contributed by atoms with Gasteiger partial charge in [0, 0.05) is 11.0 Å². The Labute approximate surface area is 83.7 Å². The maximum absolute atomic E-state index is 13.0. The van der Waals surface area contributed by atoms with Gasteiger partial charge in [0.25, 0.3) is 0 Å². The van der Waals surface area contributed by atoms with Gasteiger partial charge in [0.2, 0.25) is 0 Å². The number of rotatable bonds is 2. The monoisotopic (exact) mass is 248 g/mol. The molecule has 0 aliphatic carbocycles. The van der Waals surface area contributed by atoms with E-state index in [0.717, 1.165) is 0 Å². The largest absolute Gasteiger partial charge is 0.395 e. The van der Waals surface area contributed by atoms with Gasteiger partial charge in [0.05, 0.1) is 11.8 Å². The zero-order valence-corrected chi connectivity index (χ0v) is 8.38. The first-order valence-corrected chi connectivity index (χ1v) is 4.48. The van der Waals surface area contributed by atoms with Gasteiger partial charge < -0.3 is 16.6 Å². The van der Waals surface area contributed by atoms with Gasteiger partial charge in [-0.2, -0.15) is 0 Å². The first-order valence-electron chi connectivity index (χ1n) is 3.68. The zero-order chi connectivity index (χ0) is 10.0. The molecule has 0 aliphatic rings. The third kappa shape index (κ3) is 2.18. The summed E-state index contributed by atoms with van der Waals surface area (Å²) in [6, 6.07) is 2.73. The van der Waals surface area contributed by atoms with Crippen LogP contribution in [0.4, 0.5) is 10.1 Å². The van der Waals surface area contributed by atoms with E-state index in [9.17, 15) is 9.50 Å². The molecule has 1 aromatic rings. The molecule has 0 radical (unpaired) electrons. The lowest BCUT2D eigenvalue weighted by atomic mass is 10.1. The predicted molar refractivity (Wildman–Crippen MR) is 52.5 cm³/mol. The van der Waals surface area contributed by atoms with Crippen LogP contribution in [-0.2, 0) is 0 Å². The fraction of sp³-hybridized carbons (Fsp3) is 0.250. The summed E-state index contributed by atoms with van der Waals surface area (Å²) in [6.07, 6.45) is -0.855. The molecule has 13 heavy (non-hydrogen) atoms. The summed E-state index contributed by atoms with van der Waals surface area (Å²) in [4.78, 5) is 0. The number of anilines is 1. The Morgan fingerprint density at radius 2 is 2.15 bits per heavy atom. The number of hydrogen-bond donors (Lipinski definition) is 3. The number of aliphatic hydroxyl groups is 1. The van der Waals surface area contributed by atoms with Gasteiger partial charge in [0.15, 0.2) is 0 Å². The minimum absolute atomic E-state index is 0.0352. The first-order chi connectivity index (χ1) is 6.06. The van der Waals surface area contributed by atoms with Gasteiger partial charge in [-0.1, -0.05) is 0 Å². The summed E-state index contributed by atoms with van der Waals surface area (Å²) < 4.78 is 13.5. The van der Waals surface area contributed by atoms with Crippen LogP contribution < -0.4 is 11.5 Å². The second-order valence-electron chi connectivity index (χ2n) is 2.65. The van der Waals surface area contributed by atoms with Crippen molar-refractivity contribution in [2.45, 2.75) is 6.10 Å². The lowest BCUT2D eigenvalue weighted by molar-refractivity contribution is 0.186.